The maximum absolute atomic E-state index is 10.7. The summed E-state index contributed by atoms with van der Waals surface area (Å²) < 4.78 is 0. The maximum atomic E-state index is 10.7. The van der Waals surface area contributed by atoms with Gasteiger partial charge >= 0.3 is 0 Å². The number of para-hydroxylation sites is 2. The quantitative estimate of drug-likeness (QED) is 0.575. The molecule has 0 bridgehead atoms. The fourth-order valence-corrected chi connectivity index (χ4v) is 0.979. The standard InChI is InChI=1S/C8H6N2O/c11-8-5-9-6-3-1-2-4-7(6)10-8/h1-4,9H,(H,10,11). The Morgan fingerprint density at radius 2 is 1.91 bits per heavy atom. The van der Waals surface area contributed by atoms with Gasteiger partial charge in [0.25, 0.3) is 5.91 Å². The van der Waals surface area contributed by atoms with Crippen LogP contribution in [-0.4, -0.2) is 5.91 Å². The van der Waals surface area contributed by atoms with Crippen LogP contribution in [0, 0.1) is 6.54 Å². The number of hydrogen-bond acceptors (Lipinski definition) is 2. The SMILES string of the molecule is O=C1[C]Nc2ccccc2N1. The maximum Gasteiger partial charge on any atom is 0.256 e. The summed E-state index contributed by atoms with van der Waals surface area (Å²) in [4.78, 5) is 10.7. The van der Waals surface area contributed by atoms with Gasteiger partial charge in [0.05, 0.1) is 11.4 Å². The van der Waals surface area contributed by atoms with Gasteiger partial charge in [0.2, 0.25) is 0 Å². The van der Waals surface area contributed by atoms with E-state index in [2.05, 4.69) is 17.2 Å². The Kier molecular flexibility index (Phi) is 1.28. The van der Waals surface area contributed by atoms with Crippen molar-refractivity contribution in [3.8, 4) is 0 Å². The van der Waals surface area contributed by atoms with Crippen molar-refractivity contribution in [1.29, 1.82) is 0 Å². The molecule has 1 amide bonds. The lowest BCUT2D eigenvalue weighted by molar-refractivity contribution is -0.113. The molecule has 11 heavy (non-hydrogen) atoms. The molecule has 1 aliphatic heterocycles. The zero-order valence-corrected chi connectivity index (χ0v) is 5.72. The first-order valence-electron chi connectivity index (χ1n) is 3.28. The second-order valence-corrected chi connectivity index (χ2v) is 2.25. The normalized spacial score (nSPS) is 14.7. The number of hydrogen-bond donors (Lipinski definition) is 2. The summed E-state index contributed by atoms with van der Waals surface area (Å²) in [6.45, 7) is 2.44. The predicted molar refractivity (Wildman–Crippen MR) is 41.9 cm³/mol. The summed E-state index contributed by atoms with van der Waals surface area (Å²) >= 11 is 0. The lowest BCUT2D eigenvalue weighted by Crippen LogP contribution is -2.22. The minimum Gasteiger partial charge on any atom is -0.365 e. The van der Waals surface area contributed by atoms with Crippen molar-refractivity contribution in [3.05, 3.63) is 30.8 Å². The average Bonchev–Trinajstić information content (AvgIpc) is 2.04. The molecule has 2 N–H and O–H groups in total. The van der Waals surface area contributed by atoms with Crippen LogP contribution in [0.25, 0.3) is 0 Å². The van der Waals surface area contributed by atoms with Crippen LogP contribution in [0.2, 0.25) is 0 Å². The predicted octanol–water partition coefficient (Wildman–Crippen LogP) is 1.09. The number of anilines is 2. The van der Waals surface area contributed by atoms with Crippen molar-refractivity contribution < 1.29 is 4.79 Å². The monoisotopic (exact) mass is 146 g/mol. The summed E-state index contributed by atoms with van der Waals surface area (Å²) in [5.41, 5.74) is 1.68. The molecule has 1 aromatic carbocycles. The third kappa shape index (κ3) is 1.05. The lowest BCUT2D eigenvalue weighted by atomic mass is 10.2. The van der Waals surface area contributed by atoms with E-state index >= 15 is 0 Å². The largest absolute Gasteiger partial charge is 0.365 e. The molecule has 54 valence electrons. The average molecular weight is 146 g/mol. The minimum atomic E-state index is -0.233. The van der Waals surface area contributed by atoms with Crippen LogP contribution in [0.15, 0.2) is 24.3 Å². The van der Waals surface area contributed by atoms with Crippen LogP contribution in [0.1, 0.15) is 0 Å². The summed E-state index contributed by atoms with van der Waals surface area (Å²) in [6, 6.07) is 7.47. The first-order chi connectivity index (χ1) is 5.36. The van der Waals surface area contributed by atoms with Gasteiger partial charge in [-0.1, -0.05) is 12.1 Å². The van der Waals surface area contributed by atoms with Crippen molar-refractivity contribution >= 4 is 17.3 Å². The van der Waals surface area contributed by atoms with Gasteiger partial charge in [0.1, 0.15) is 0 Å². The number of fused-ring (bicyclic) bond motifs is 1. The molecule has 1 heterocycles. The topological polar surface area (TPSA) is 41.1 Å². The Hall–Kier alpha value is -1.51. The van der Waals surface area contributed by atoms with E-state index in [-0.39, 0.29) is 5.91 Å². The van der Waals surface area contributed by atoms with Crippen LogP contribution in [-0.2, 0) is 4.79 Å². The Morgan fingerprint density at radius 1 is 1.18 bits per heavy atom. The van der Waals surface area contributed by atoms with Crippen LogP contribution in [0.5, 0.6) is 0 Å². The first kappa shape index (κ1) is 6.22. The number of benzene rings is 1. The van der Waals surface area contributed by atoms with E-state index in [1.165, 1.54) is 0 Å². The molecule has 2 radical (unpaired) electrons. The molecule has 0 spiro atoms. The number of nitrogens with one attached hydrogen (secondary N) is 2. The highest BCUT2D eigenvalue weighted by molar-refractivity contribution is 6.04. The zero-order chi connectivity index (χ0) is 7.68. The molecule has 2 rings (SSSR count). The van der Waals surface area contributed by atoms with E-state index in [1.54, 1.807) is 0 Å². The smallest absolute Gasteiger partial charge is 0.256 e. The van der Waals surface area contributed by atoms with Crippen LogP contribution in [0.3, 0.4) is 0 Å². The third-order valence-corrected chi connectivity index (χ3v) is 1.49. The summed E-state index contributed by atoms with van der Waals surface area (Å²) in [5.74, 6) is -0.233. The van der Waals surface area contributed by atoms with E-state index < -0.39 is 0 Å². The minimum absolute atomic E-state index is 0.233. The molecule has 3 nitrogen and oxygen atoms in total. The lowest BCUT2D eigenvalue weighted by Gasteiger charge is -2.16. The molecule has 3 heteroatoms. The Labute approximate surface area is 64.4 Å². The van der Waals surface area contributed by atoms with Crippen LogP contribution >= 0.6 is 0 Å². The first-order valence-corrected chi connectivity index (χ1v) is 3.28. The van der Waals surface area contributed by atoms with Gasteiger partial charge in [-0.2, -0.15) is 0 Å². The van der Waals surface area contributed by atoms with E-state index in [4.69, 9.17) is 0 Å². The molecule has 0 aliphatic carbocycles. The van der Waals surface area contributed by atoms with Gasteiger partial charge in [-0.05, 0) is 12.1 Å². The summed E-state index contributed by atoms with van der Waals surface area (Å²) in [5, 5.41) is 5.40. The second kappa shape index (κ2) is 2.27. The molecule has 0 aromatic heterocycles. The number of carbonyl (C=O) groups excluding carboxylic acids is 1. The van der Waals surface area contributed by atoms with Gasteiger partial charge in [-0.15, -0.1) is 0 Å². The van der Waals surface area contributed by atoms with E-state index in [0.717, 1.165) is 11.4 Å². The van der Waals surface area contributed by atoms with Crippen molar-refractivity contribution in [2.75, 3.05) is 10.6 Å². The van der Waals surface area contributed by atoms with Gasteiger partial charge in [-0.25, -0.2) is 0 Å². The molecular weight excluding hydrogens is 140 g/mol. The Morgan fingerprint density at radius 3 is 2.73 bits per heavy atom. The third-order valence-electron chi connectivity index (χ3n) is 1.49. The highest BCUT2D eigenvalue weighted by atomic mass is 16.2. The molecule has 0 unspecified atom stereocenters. The Bertz CT molecular complexity index is 296. The van der Waals surface area contributed by atoms with Crippen molar-refractivity contribution in [2.45, 2.75) is 0 Å². The van der Waals surface area contributed by atoms with Crippen molar-refractivity contribution in [1.82, 2.24) is 0 Å². The van der Waals surface area contributed by atoms with Crippen LogP contribution in [0.4, 0.5) is 11.4 Å². The van der Waals surface area contributed by atoms with E-state index in [0.29, 0.717) is 0 Å². The molecule has 0 saturated carbocycles. The highest BCUT2D eigenvalue weighted by Crippen LogP contribution is 2.24. The van der Waals surface area contributed by atoms with Gasteiger partial charge in [0, 0.05) is 0 Å². The highest BCUT2D eigenvalue weighted by Gasteiger charge is 2.13. The van der Waals surface area contributed by atoms with Crippen molar-refractivity contribution in [3.63, 3.8) is 0 Å². The fourth-order valence-electron chi connectivity index (χ4n) is 0.979. The molecule has 0 atom stereocenters. The van der Waals surface area contributed by atoms with Crippen molar-refractivity contribution in [2.24, 2.45) is 0 Å². The fraction of sp³-hybridized carbons (Fsp3) is 0. The molecule has 0 saturated heterocycles. The second-order valence-electron chi connectivity index (χ2n) is 2.25. The van der Waals surface area contributed by atoms with Gasteiger partial charge < -0.3 is 10.6 Å². The summed E-state index contributed by atoms with van der Waals surface area (Å²) in [7, 11) is 0. The van der Waals surface area contributed by atoms with Gasteiger partial charge in [-0.3, -0.25) is 4.79 Å². The van der Waals surface area contributed by atoms with E-state index in [1.807, 2.05) is 24.3 Å². The van der Waals surface area contributed by atoms with Gasteiger partial charge in [0.15, 0.2) is 6.54 Å². The molecule has 1 aromatic rings. The number of rotatable bonds is 0. The number of amides is 1. The zero-order valence-electron chi connectivity index (χ0n) is 5.72. The number of carbonyl (C=O) groups is 1. The molecule has 1 aliphatic rings. The molecule has 0 fully saturated rings. The summed E-state index contributed by atoms with van der Waals surface area (Å²) in [6.07, 6.45) is 0. The van der Waals surface area contributed by atoms with Crippen LogP contribution < -0.4 is 10.6 Å². The molecular formula is C8H6N2O. The Balaban J connectivity index is 2.41. The van der Waals surface area contributed by atoms with E-state index in [9.17, 15) is 4.79 Å².